The number of aromatic nitrogens is 3. The number of rotatable bonds is 4. The molecule has 0 atom stereocenters. The summed E-state index contributed by atoms with van der Waals surface area (Å²) in [6.07, 6.45) is 0.237. The van der Waals surface area contributed by atoms with Gasteiger partial charge in [0.15, 0.2) is 11.6 Å². The van der Waals surface area contributed by atoms with Crippen molar-refractivity contribution in [1.82, 2.24) is 15.3 Å². The monoisotopic (exact) mass is 340 g/mol. The molecule has 3 rings (SSSR count). The summed E-state index contributed by atoms with van der Waals surface area (Å²) in [7, 11) is 0. The molecule has 0 aliphatic heterocycles. The first-order chi connectivity index (χ1) is 11.8. The Morgan fingerprint density at radius 2 is 1.84 bits per heavy atom. The van der Waals surface area contributed by atoms with E-state index in [1.807, 2.05) is 45.0 Å². The van der Waals surface area contributed by atoms with Crippen molar-refractivity contribution in [2.45, 2.75) is 39.5 Å². The second-order valence-corrected chi connectivity index (χ2v) is 6.90. The fraction of sp³-hybridized carbons (Fsp3) is 0.333. The fourth-order valence-corrected chi connectivity index (χ4v) is 2.24. The number of amides is 1. The average molecular weight is 340 g/mol. The summed E-state index contributed by atoms with van der Waals surface area (Å²) in [4.78, 5) is 16.3. The van der Waals surface area contributed by atoms with Crippen LogP contribution in [-0.2, 0) is 16.6 Å². The average Bonchev–Trinajstić information content (AvgIpc) is 3.17. The van der Waals surface area contributed by atoms with E-state index in [9.17, 15) is 4.79 Å². The number of nitrogens with one attached hydrogen (secondary N) is 1. The first-order valence-electron chi connectivity index (χ1n) is 7.98. The summed E-state index contributed by atoms with van der Waals surface area (Å²) in [6, 6.07) is 9.17. The van der Waals surface area contributed by atoms with E-state index in [0.717, 1.165) is 16.9 Å². The first-order valence-corrected chi connectivity index (χ1v) is 7.98. The molecule has 0 aliphatic carbocycles. The molecule has 0 fully saturated rings. The zero-order valence-electron chi connectivity index (χ0n) is 14.7. The molecule has 25 heavy (non-hydrogen) atoms. The molecule has 0 unspecified atom stereocenters. The van der Waals surface area contributed by atoms with Crippen LogP contribution in [0.2, 0.25) is 0 Å². The molecule has 1 aromatic carbocycles. The molecule has 0 aliphatic rings. The van der Waals surface area contributed by atoms with Gasteiger partial charge in [0, 0.05) is 17.0 Å². The lowest BCUT2D eigenvalue weighted by molar-refractivity contribution is -0.115. The number of carbonyl (C=O) groups is 1. The molecule has 0 spiro atoms. The van der Waals surface area contributed by atoms with E-state index in [0.29, 0.717) is 17.5 Å². The van der Waals surface area contributed by atoms with Crippen molar-refractivity contribution in [2.75, 3.05) is 5.32 Å². The molecule has 1 amide bonds. The van der Waals surface area contributed by atoms with Crippen molar-refractivity contribution >= 4 is 11.7 Å². The number of anilines is 1. The maximum absolute atomic E-state index is 12.2. The molecular formula is C18H20N4O3. The van der Waals surface area contributed by atoms with Gasteiger partial charge in [-0.1, -0.05) is 43.2 Å². The lowest BCUT2D eigenvalue weighted by Crippen LogP contribution is -2.14. The Morgan fingerprint density at radius 1 is 1.12 bits per heavy atom. The smallest absolute Gasteiger partial charge is 0.257 e. The van der Waals surface area contributed by atoms with E-state index in [1.165, 1.54) is 0 Å². The highest BCUT2D eigenvalue weighted by atomic mass is 16.5. The molecule has 0 radical (unpaired) electrons. The summed E-state index contributed by atoms with van der Waals surface area (Å²) in [6.45, 7) is 7.82. The zero-order chi connectivity index (χ0) is 18.0. The van der Waals surface area contributed by atoms with Crippen LogP contribution in [0.1, 0.15) is 37.9 Å². The van der Waals surface area contributed by atoms with Gasteiger partial charge >= 0.3 is 0 Å². The van der Waals surface area contributed by atoms with E-state index in [2.05, 4.69) is 20.6 Å². The summed E-state index contributed by atoms with van der Waals surface area (Å²) < 4.78 is 10.4. The van der Waals surface area contributed by atoms with Gasteiger partial charge < -0.3 is 14.4 Å². The first kappa shape index (κ1) is 16.9. The van der Waals surface area contributed by atoms with Crippen molar-refractivity contribution in [1.29, 1.82) is 0 Å². The maximum Gasteiger partial charge on any atom is 0.257 e. The van der Waals surface area contributed by atoms with Crippen LogP contribution in [0.3, 0.4) is 0 Å². The van der Waals surface area contributed by atoms with Crippen LogP contribution in [0.5, 0.6) is 0 Å². The number of benzene rings is 1. The molecular weight excluding hydrogens is 320 g/mol. The third-order valence-electron chi connectivity index (χ3n) is 3.61. The van der Waals surface area contributed by atoms with Gasteiger partial charge in [-0.25, -0.2) is 0 Å². The Bertz CT molecular complexity index is 872. The summed E-state index contributed by atoms with van der Waals surface area (Å²) >= 11 is 0. The third kappa shape index (κ3) is 4.12. The predicted octanol–water partition coefficient (Wildman–Crippen LogP) is 3.51. The quantitative estimate of drug-likeness (QED) is 0.781. The molecule has 2 heterocycles. The van der Waals surface area contributed by atoms with Gasteiger partial charge in [0.25, 0.3) is 5.89 Å². The molecule has 130 valence electrons. The molecule has 2 aromatic heterocycles. The van der Waals surface area contributed by atoms with Crippen LogP contribution in [-0.4, -0.2) is 21.2 Å². The van der Waals surface area contributed by atoms with Crippen LogP contribution < -0.4 is 5.32 Å². The van der Waals surface area contributed by atoms with Crippen molar-refractivity contribution < 1.29 is 13.8 Å². The van der Waals surface area contributed by atoms with Gasteiger partial charge in [0.05, 0.1) is 6.42 Å². The minimum absolute atomic E-state index is 0.154. The van der Waals surface area contributed by atoms with Gasteiger partial charge in [-0.2, -0.15) is 4.98 Å². The SMILES string of the molecule is Cc1noc(-c2ccc(CC(=O)Nc3cc(C(C)(C)C)on3)cc2)n1. The van der Waals surface area contributed by atoms with Crippen molar-refractivity contribution in [3.63, 3.8) is 0 Å². The number of aryl methyl sites for hydroxylation is 1. The summed E-state index contributed by atoms with van der Waals surface area (Å²) in [5.74, 6) is 2.04. The van der Waals surface area contributed by atoms with Crippen LogP contribution in [0.4, 0.5) is 5.82 Å². The number of hydrogen-bond acceptors (Lipinski definition) is 6. The van der Waals surface area contributed by atoms with Crippen molar-refractivity contribution in [3.8, 4) is 11.5 Å². The Balaban J connectivity index is 1.62. The van der Waals surface area contributed by atoms with E-state index < -0.39 is 0 Å². The Kier molecular flexibility index (Phi) is 4.39. The minimum atomic E-state index is -0.157. The second kappa shape index (κ2) is 6.51. The standard InChI is InChI=1S/C18H20N4O3/c1-11-19-17(25-21-11)13-7-5-12(6-8-13)9-16(23)20-15-10-14(24-22-15)18(2,3)4/h5-8,10H,9H2,1-4H3,(H,20,22,23). The van der Waals surface area contributed by atoms with Crippen molar-refractivity contribution in [2.24, 2.45) is 0 Å². The molecule has 7 nitrogen and oxygen atoms in total. The highest BCUT2D eigenvalue weighted by Crippen LogP contribution is 2.24. The highest BCUT2D eigenvalue weighted by molar-refractivity contribution is 5.91. The lowest BCUT2D eigenvalue weighted by atomic mass is 9.93. The number of nitrogens with zero attached hydrogens (tertiary/aromatic N) is 3. The van der Waals surface area contributed by atoms with E-state index in [4.69, 9.17) is 9.05 Å². The topological polar surface area (TPSA) is 94.1 Å². The lowest BCUT2D eigenvalue weighted by Gasteiger charge is -2.12. The molecule has 7 heteroatoms. The molecule has 0 saturated heterocycles. The van der Waals surface area contributed by atoms with Gasteiger partial charge in [0.1, 0.15) is 5.76 Å². The van der Waals surface area contributed by atoms with Crippen LogP contribution >= 0.6 is 0 Å². The Labute approximate surface area is 145 Å². The van der Waals surface area contributed by atoms with Gasteiger partial charge in [-0.05, 0) is 24.6 Å². The van der Waals surface area contributed by atoms with Crippen LogP contribution in [0.15, 0.2) is 39.4 Å². The summed E-state index contributed by atoms with van der Waals surface area (Å²) in [5.41, 5.74) is 1.53. The van der Waals surface area contributed by atoms with Gasteiger partial charge in [-0.15, -0.1) is 0 Å². The number of carbonyl (C=O) groups excluding carboxylic acids is 1. The molecule has 0 saturated carbocycles. The molecule has 0 bridgehead atoms. The molecule has 3 aromatic rings. The fourth-order valence-electron chi connectivity index (χ4n) is 2.24. The molecule has 1 N–H and O–H groups in total. The third-order valence-corrected chi connectivity index (χ3v) is 3.61. The number of hydrogen-bond donors (Lipinski definition) is 1. The summed E-state index contributed by atoms with van der Waals surface area (Å²) in [5, 5.41) is 10.4. The Morgan fingerprint density at radius 3 is 2.40 bits per heavy atom. The van der Waals surface area contributed by atoms with Gasteiger partial charge in [0.2, 0.25) is 5.91 Å². The van der Waals surface area contributed by atoms with E-state index in [1.54, 1.807) is 13.0 Å². The highest BCUT2D eigenvalue weighted by Gasteiger charge is 2.20. The van der Waals surface area contributed by atoms with Crippen LogP contribution in [0.25, 0.3) is 11.5 Å². The zero-order valence-corrected chi connectivity index (χ0v) is 14.7. The van der Waals surface area contributed by atoms with Crippen molar-refractivity contribution in [3.05, 3.63) is 47.5 Å². The normalized spacial score (nSPS) is 11.5. The maximum atomic E-state index is 12.2. The van der Waals surface area contributed by atoms with E-state index in [-0.39, 0.29) is 17.7 Å². The Hall–Kier alpha value is -2.96. The largest absolute Gasteiger partial charge is 0.359 e. The minimum Gasteiger partial charge on any atom is -0.359 e. The van der Waals surface area contributed by atoms with Crippen LogP contribution in [0, 0.1) is 6.92 Å². The van der Waals surface area contributed by atoms with E-state index >= 15 is 0 Å². The predicted molar refractivity (Wildman–Crippen MR) is 92.0 cm³/mol. The van der Waals surface area contributed by atoms with Gasteiger partial charge in [-0.3, -0.25) is 4.79 Å². The second-order valence-electron chi connectivity index (χ2n) is 6.90.